The minimum absolute atomic E-state index is 0.185. The summed E-state index contributed by atoms with van der Waals surface area (Å²) < 4.78 is 5.22. The first-order chi connectivity index (χ1) is 14.5. The summed E-state index contributed by atoms with van der Waals surface area (Å²) in [5.74, 6) is -0.293. The van der Waals surface area contributed by atoms with Crippen LogP contribution in [0.2, 0.25) is 0 Å². The molecule has 0 N–H and O–H groups in total. The lowest BCUT2D eigenvalue weighted by molar-refractivity contribution is -0.145. The monoisotopic (exact) mass is 405 g/mol. The standard InChI is InChI=1S/C23H23N3O4/c1-4-20(27)25-19-9-7-6-8-17(19)23(22(25)29)14-18(24-26(23)21(28)5-2)15-10-12-16(30-3)13-11-15/h6-13H,4-5,14H2,1-3H3/t23-/m0/s1. The maximum atomic E-state index is 13.7. The summed E-state index contributed by atoms with van der Waals surface area (Å²) in [6, 6.07) is 14.5. The first-order valence-electron chi connectivity index (χ1n) is 9.99. The van der Waals surface area contributed by atoms with Gasteiger partial charge in [-0.2, -0.15) is 5.10 Å². The fourth-order valence-corrected chi connectivity index (χ4v) is 4.13. The van der Waals surface area contributed by atoms with E-state index in [2.05, 4.69) is 5.10 Å². The number of ether oxygens (including phenoxy) is 1. The number of hydrazone groups is 1. The molecule has 4 rings (SSSR count). The number of para-hydroxylation sites is 1. The van der Waals surface area contributed by atoms with Crippen molar-refractivity contribution in [3.05, 3.63) is 59.7 Å². The van der Waals surface area contributed by atoms with Crippen molar-refractivity contribution in [1.29, 1.82) is 0 Å². The average molecular weight is 405 g/mol. The van der Waals surface area contributed by atoms with Crippen LogP contribution >= 0.6 is 0 Å². The van der Waals surface area contributed by atoms with E-state index < -0.39 is 11.4 Å². The molecule has 2 aromatic rings. The molecule has 0 radical (unpaired) electrons. The summed E-state index contributed by atoms with van der Waals surface area (Å²) in [5, 5.41) is 5.88. The Bertz CT molecular complexity index is 1060. The third kappa shape index (κ3) is 2.73. The van der Waals surface area contributed by atoms with E-state index in [1.54, 1.807) is 39.2 Å². The molecule has 0 saturated heterocycles. The van der Waals surface area contributed by atoms with Crippen molar-refractivity contribution in [2.24, 2.45) is 5.10 Å². The highest BCUT2D eigenvalue weighted by Gasteiger charge is 2.61. The normalized spacial score (nSPS) is 19.8. The zero-order valence-corrected chi connectivity index (χ0v) is 17.2. The molecule has 1 atom stereocenters. The topological polar surface area (TPSA) is 79.3 Å². The molecule has 0 saturated carbocycles. The molecule has 154 valence electrons. The summed E-state index contributed by atoms with van der Waals surface area (Å²) in [7, 11) is 1.59. The Hall–Kier alpha value is -3.48. The minimum atomic E-state index is -1.34. The van der Waals surface area contributed by atoms with Crippen LogP contribution in [0.25, 0.3) is 0 Å². The lowest BCUT2D eigenvalue weighted by atomic mass is 9.85. The summed E-state index contributed by atoms with van der Waals surface area (Å²) in [5.41, 5.74) is 1.23. The molecule has 7 heteroatoms. The quantitative estimate of drug-likeness (QED) is 0.782. The highest BCUT2D eigenvalue weighted by atomic mass is 16.5. The van der Waals surface area contributed by atoms with Crippen molar-refractivity contribution in [3.63, 3.8) is 0 Å². The molecule has 30 heavy (non-hydrogen) atoms. The third-order valence-corrected chi connectivity index (χ3v) is 5.67. The number of methoxy groups -OCH3 is 1. The maximum Gasteiger partial charge on any atom is 0.266 e. The van der Waals surface area contributed by atoms with E-state index in [4.69, 9.17) is 4.74 Å². The molecule has 1 spiro atoms. The molecule has 0 aliphatic carbocycles. The van der Waals surface area contributed by atoms with Crippen LogP contribution in [0, 0.1) is 0 Å². The molecule has 0 aromatic heterocycles. The van der Waals surface area contributed by atoms with E-state index >= 15 is 0 Å². The van der Waals surface area contributed by atoms with Gasteiger partial charge in [0.05, 0.1) is 18.5 Å². The Balaban J connectivity index is 1.86. The number of hydrogen-bond donors (Lipinski definition) is 0. The molecule has 2 aliphatic heterocycles. The van der Waals surface area contributed by atoms with Crippen molar-refractivity contribution in [2.45, 2.75) is 38.6 Å². The van der Waals surface area contributed by atoms with Gasteiger partial charge in [-0.05, 0) is 35.9 Å². The van der Waals surface area contributed by atoms with Gasteiger partial charge in [0.2, 0.25) is 11.8 Å². The Morgan fingerprint density at radius 3 is 2.33 bits per heavy atom. The van der Waals surface area contributed by atoms with Gasteiger partial charge in [0.25, 0.3) is 5.91 Å². The lowest BCUT2D eigenvalue weighted by Crippen LogP contribution is -2.52. The van der Waals surface area contributed by atoms with Crippen molar-refractivity contribution in [1.82, 2.24) is 5.01 Å². The van der Waals surface area contributed by atoms with Crippen molar-refractivity contribution >= 4 is 29.1 Å². The van der Waals surface area contributed by atoms with Crippen molar-refractivity contribution in [2.75, 3.05) is 12.0 Å². The molecule has 0 bridgehead atoms. The number of anilines is 1. The molecular formula is C23H23N3O4. The zero-order chi connectivity index (χ0) is 21.5. The Labute approximate surface area is 174 Å². The van der Waals surface area contributed by atoms with E-state index in [-0.39, 0.29) is 31.1 Å². The molecular weight excluding hydrogens is 382 g/mol. The average Bonchev–Trinajstić information content (AvgIpc) is 3.30. The smallest absolute Gasteiger partial charge is 0.266 e. The van der Waals surface area contributed by atoms with Gasteiger partial charge in [-0.1, -0.05) is 32.0 Å². The zero-order valence-electron chi connectivity index (χ0n) is 17.2. The fraction of sp³-hybridized carbons (Fsp3) is 0.304. The molecule has 2 aromatic carbocycles. The molecule has 0 fully saturated rings. The second-order valence-electron chi connectivity index (χ2n) is 7.28. The molecule has 0 unspecified atom stereocenters. The van der Waals surface area contributed by atoms with Crippen LogP contribution in [0.4, 0.5) is 5.69 Å². The van der Waals surface area contributed by atoms with Gasteiger partial charge in [-0.25, -0.2) is 9.91 Å². The van der Waals surface area contributed by atoms with Crippen LogP contribution in [0.5, 0.6) is 5.75 Å². The number of hydrogen-bond acceptors (Lipinski definition) is 5. The number of carbonyl (C=O) groups excluding carboxylic acids is 3. The highest BCUT2D eigenvalue weighted by Crippen LogP contribution is 2.50. The van der Waals surface area contributed by atoms with E-state index in [9.17, 15) is 14.4 Å². The van der Waals surface area contributed by atoms with Crippen molar-refractivity contribution in [3.8, 4) is 5.75 Å². The van der Waals surface area contributed by atoms with Crippen LogP contribution in [-0.2, 0) is 19.9 Å². The minimum Gasteiger partial charge on any atom is -0.497 e. The van der Waals surface area contributed by atoms with Crippen LogP contribution in [-0.4, -0.2) is 35.6 Å². The van der Waals surface area contributed by atoms with Crippen LogP contribution < -0.4 is 9.64 Å². The van der Waals surface area contributed by atoms with Gasteiger partial charge >= 0.3 is 0 Å². The third-order valence-electron chi connectivity index (χ3n) is 5.67. The number of nitrogens with zero attached hydrogens (tertiary/aromatic N) is 3. The maximum absolute atomic E-state index is 13.7. The highest BCUT2D eigenvalue weighted by molar-refractivity contribution is 6.25. The summed E-state index contributed by atoms with van der Waals surface area (Å²) >= 11 is 0. The molecule has 7 nitrogen and oxygen atoms in total. The second-order valence-corrected chi connectivity index (χ2v) is 7.28. The number of amides is 3. The summed E-state index contributed by atoms with van der Waals surface area (Å²) in [6.07, 6.45) is 0.580. The number of benzene rings is 2. The van der Waals surface area contributed by atoms with Crippen molar-refractivity contribution < 1.29 is 19.1 Å². The van der Waals surface area contributed by atoms with Gasteiger partial charge in [-0.3, -0.25) is 14.4 Å². The fourth-order valence-electron chi connectivity index (χ4n) is 4.13. The molecule has 2 heterocycles. The van der Waals surface area contributed by atoms with Gasteiger partial charge < -0.3 is 4.74 Å². The van der Waals surface area contributed by atoms with Crippen LogP contribution in [0.15, 0.2) is 53.6 Å². The first kappa shape index (κ1) is 19.8. The Kier molecular flexibility index (Phi) is 4.89. The predicted octanol–water partition coefficient (Wildman–Crippen LogP) is 3.22. The first-order valence-corrected chi connectivity index (χ1v) is 9.99. The Morgan fingerprint density at radius 1 is 1.03 bits per heavy atom. The summed E-state index contributed by atoms with van der Waals surface area (Å²) in [6.45, 7) is 3.45. The van der Waals surface area contributed by atoms with E-state index in [0.29, 0.717) is 22.7 Å². The number of fused-ring (bicyclic) bond motifs is 2. The second kappa shape index (κ2) is 7.40. The van der Waals surface area contributed by atoms with E-state index in [0.717, 1.165) is 5.56 Å². The Morgan fingerprint density at radius 2 is 1.70 bits per heavy atom. The van der Waals surface area contributed by atoms with E-state index in [1.807, 2.05) is 30.3 Å². The van der Waals surface area contributed by atoms with Gasteiger partial charge in [-0.15, -0.1) is 0 Å². The SMILES string of the molecule is CCC(=O)N1C(=O)[C@]2(CC(c3ccc(OC)cc3)=NN2C(=O)CC)c2ccccc21. The number of rotatable bonds is 4. The van der Waals surface area contributed by atoms with Crippen LogP contribution in [0.3, 0.4) is 0 Å². The summed E-state index contributed by atoms with van der Waals surface area (Å²) in [4.78, 5) is 40.5. The van der Waals surface area contributed by atoms with Gasteiger partial charge in [0.1, 0.15) is 5.75 Å². The number of carbonyl (C=O) groups is 3. The number of imide groups is 1. The largest absolute Gasteiger partial charge is 0.497 e. The van der Waals surface area contributed by atoms with E-state index in [1.165, 1.54) is 9.91 Å². The van der Waals surface area contributed by atoms with Gasteiger partial charge in [0, 0.05) is 24.8 Å². The molecule has 3 amide bonds. The van der Waals surface area contributed by atoms with Gasteiger partial charge in [0.15, 0.2) is 5.54 Å². The lowest BCUT2D eigenvalue weighted by Gasteiger charge is -2.31. The predicted molar refractivity (Wildman–Crippen MR) is 112 cm³/mol. The molecule has 2 aliphatic rings. The van der Waals surface area contributed by atoms with Crippen LogP contribution in [0.1, 0.15) is 44.2 Å².